The molecule has 0 bridgehead atoms. The van der Waals surface area contributed by atoms with Gasteiger partial charge in [-0.2, -0.15) is 0 Å². The van der Waals surface area contributed by atoms with Gasteiger partial charge in [0.1, 0.15) is 5.75 Å². The van der Waals surface area contributed by atoms with E-state index in [0.717, 1.165) is 17.7 Å². The molecule has 0 aliphatic carbocycles. The zero-order valence-corrected chi connectivity index (χ0v) is 12.8. The molecule has 3 N–H and O–H groups in total. The van der Waals surface area contributed by atoms with Crippen molar-refractivity contribution in [1.29, 1.82) is 0 Å². The maximum Gasteiger partial charge on any atom is 0.248 e. The molecule has 0 saturated heterocycles. The van der Waals surface area contributed by atoms with Crippen LogP contribution in [0.3, 0.4) is 0 Å². The van der Waals surface area contributed by atoms with Gasteiger partial charge in [-0.25, -0.2) is 0 Å². The van der Waals surface area contributed by atoms with Crippen LogP contribution in [0.15, 0.2) is 48.5 Å². The lowest BCUT2D eigenvalue weighted by molar-refractivity contribution is -0.111. The fraction of sp³-hybridized carbons (Fsp3) is 0.167. The summed E-state index contributed by atoms with van der Waals surface area (Å²) >= 11 is 0. The van der Waals surface area contributed by atoms with Crippen molar-refractivity contribution in [2.75, 3.05) is 18.2 Å². The average molecular weight is 296 g/mol. The number of methoxy groups -OCH3 is 1. The van der Waals surface area contributed by atoms with Gasteiger partial charge in [0.2, 0.25) is 5.91 Å². The number of carbonyl (C=O) groups is 1. The Hall–Kier alpha value is -2.75. The molecule has 2 aromatic carbocycles. The number of nitrogen functional groups attached to an aromatic ring is 1. The number of ether oxygens (including phenoxy) is 1. The molecule has 4 heteroatoms. The minimum Gasteiger partial charge on any atom is -0.495 e. The van der Waals surface area contributed by atoms with E-state index in [1.54, 1.807) is 25.3 Å². The molecule has 0 spiro atoms. The lowest BCUT2D eigenvalue weighted by Crippen LogP contribution is -2.07. The maximum atomic E-state index is 11.9. The van der Waals surface area contributed by atoms with Crippen molar-refractivity contribution < 1.29 is 9.53 Å². The van der Waals surface area contributed by atoms with Crippen molar-refractivity contribution >= 4 is 23.4 Å². The van der Waals surface area contributed by atoms with Crippen LogP contribution in [-0.2, 0) is 11.2 Å². The number of rotatable bonds is 5. The van der Waals surface area contributed by atoms with E-state index in [1.165, 1.54) is 11.6 Å². The summed E-state index contributed by atoms with van der Waals surface area (Å²) in [7, 11) is 1.57. The van der Waals surface area contributed by atoms with Crippen LogP contribution in [0.1, 0.15) is 18.1 Å². The number of benzene rings is 2. The predicted molar refractivity (Wildman–Crippen MR) is 90.9 cm³/mol. The number of amides is 1. The molecule has 22 heavy (non-hydrogen) atoms. The van der Waals surface area contributed by atoms with Crippen molar-refractivity contribution in [3.05, 3.63) is 59.7 Å². The van der Waals surface area contributed by atoms with E-state index in [2.05, 4.69) is 12.2 Å². The molecule has 0 aliphatic heterocycles. The van der Waals surface area contributed by atoms with Gasteiger partial charge < -0.3 is 15.8 Å². The fourth-order valence-corrected chi connectivity index (χ4v) is 2.04. The Kier molecular flexibility index (Phi) is 5.20. The molecule has 0 heterocycles. The van der Waals surface area contributed by atoms with Crippen LogP contribution in [0.2, 0.25) is 0 Å². The maximum absolute atomic E-state index is 11.9. The molecule has 0 atom stereocenters. The second kappa shape index (κ2) is 7.31. The normalized spacial score (nSPS) is 10.6. The van der Waals surface area contributed by atoms with Crippen molar-refractivity contribution in [2.45, 2.75) is 13.3 Å². The van der Waals surface area contributed by atoms with E-state index >= 15 is 0 Å². The van der Waals surface area contributed by atoms with Crippen LogP contribution in [-0.4, -0.2) is 13.0 Å². The first-order chi connectivity index (χ1) is 10.6. The largest absolute Gasteiger partial charge is 0.495 e. The van der Waals surface area contributed by atoms with Crippen LogP contribution in [0.25, 0.3) is 6.08 Å². The second-order valence-electron chi connectivity index (χ2n) is 4.87. The molecule has 4 nitrogen and oxygen atoms in total. The minimum absolute atomic E-state index is 0.182. The molecule has 2 aromatic rings. The summed E-state index contributed by atoms with van der Waals surface area (Å²) in [5, 5.41) is 2.82. The molecule has 0 radical (unpaired) electrons. The van der Waals surface area contributed by atoms with Crippen molar-refractivity contribution in [3.63, 3.8) is 0 Å². The van der Waals surface area contributed by atoms with Crippen molar-refractivity contribution in [1.82, 2.24) is 0 Å². The van der Waals surface area contributed by atoms with Crippen molar-refractivity contribution in [3.8, 4) is 5.75 Å². The van der Waals surface area contributed by atoms with E-state index in [0.29, 0.717) is 11.4 Å². The summed E-state index contributed by atoms with van der Waals surface area (Å²) < 4.78 is 5.10. The van der Waals surface area contributed by atoms with Gasteiger partial charge in [-0.1, -0.05) is 25.1 Å². The Balaban J connectivity index is 1.99. The Labute approximate surface area is 130 Å². The Bertz CT molecular complexity index is 676. The minimum atomic E-state index is -0.182. The predicted octanol–water partition coefficient (Wildman–Crippen LogP) is 3.49. The summed E-state index contributed by atoms with van der Waals surface area (Å²) in [6, 6.07) is 13.2. The van der Waals surface area contributed by atoms with E-state index in [4.69, 9.17) is 10.5 Å². The molecule has 0 unspecified atom stereocenters. The summed E-state index contributed by atoms with van der Waals surface area (Å²) in [6.45, 7) is 2.09. The second-order valence-corrected chi connectivity index (χ2v) is 4.87. The van der Waals surface area contributed by atoms with Crippen LogP contribution in [0.5, 0.6) is 5.75 Å². The highest BCUT2D eigenvalue weighted by molar-refractivity contribution is 6.02. The van der Waals surface area contributed by atoms with Gasteiger partial charge in [0.15, 0.2) is 0 Å². The SMILES string of the molecule is CCc1ccc(NC(=O)/C=C/c2ccc(OC)c(N)c2)cc1. The molecular weight excluding hydrogens is 276 g/mol. The Morgan fingerprint density at radius 2 is 1.95 bits per heavy atom. The first kappa shape index (κ1) is 15.6. The molecule has 2 rings (SSSR count). The number of hydrogen-bond acceptors (Lipinski definition) is 3. The lowest BCUT2D eigenvalue weighted by atomic mass is 10.1. The number of nitrogens with one attached hydrogen (secondary N) is 1. The Morgan fingerprint density at radius 1 is 1.23 bits per heavy atom. The average Bonchev–Trinajstić information content (AvgIpc) is 2.54. The van der Waals surface area contributed by atoms with Gasteiger partial charge in [-0.3, -0.25) is 4.79 Å². The summed E-state index contributed by atoms with van der Waals surface area (Å²) in [5.74, 6) is 0.441. The molecule has 0 saturated carbocycles. The molecule has 1 amide bonds. The van der Waals surface area contributed by atoms with E-state index < -0.39 is 0 Å². The van der Waals surface area contributed by atoms with E-state index in [9.17, 15) is 4.79 Å². The number of hydrogen-bond donors (Lipinski definition) is 2. The van der Waals surface area contributed by atoms with Gasteiger partial charge in [0, 0.05) is 11.8 Å². The topological polar surface area (TPSA) is 64.3 Å². The fourth-order valence-electron chi connectivity index (χ4n) is 2.04. The zero-order valence-electron chi connectivity index (χ0n) is 12.8. The van der Waals surface area contributed by atoms with Crippen molar-refractivity contribution in [2.24, 2.45) is 0 Å². The van der Waals surface area contributed by atoms with E-state index in [1.807, 2.05) is 30.3 Å². The van der Waals surface area contributed by atoms with Crippen LogP contribution in [0, 0.1) is 0 Å². The Morgan fingerprint density at radius 3 is 2.55 bits per heavy atom. The zero-order chi connectivity index (χ0) is 15.9. The van der Waals surface area contributed by atoms with E-state index in [-0.39, 0.29) is 5.91 Å². The van der Waals surface area contributed by atoms with Gasteiger partial charge in [0.25, 0.3) is 0 Å². The lowest BCUT2D eigenvalue weighted by Gasteiger charge is -2.05. The molecule has 0 fully saturated rings. The number of carbonyl (C=O) groups excluding carboxylic acids is 1. The van der Waals surface area contributed by atoms with Crippen LogP contribution < -0.4 is 15.8 Å². The smallest absolute Gasteiger partial charge is 0.248 e. The highest BCUT2D eigenvalue weighted by Gasteiger charge is 2.00. The number of aryl methyl sites for hydroxylation is 1. The quantitative estimate of drug-likeness (QED) is 0.655. The molecule has 0 aromatic heterocycles. The molecule has 114 valence electrons. The molecular formula is C18H20N2O2. The number of nitrogens with two attached hydrogens (primary N) is 1. The van der Waals surface area contributed by atoms with Gasteiger partial charge >= 0.3 is 0 Å². The highest BCUT2D eigenvalue weighted by Crippen LogP contribution is 2.22. The first-order valence-corrected chi connectivity index (χ1v) is 7.14. The highest BCUT2D eigenvalue weighted by atomic mass is 16.5. The van der Waals surface area contributed by atoms with Gasteiger partial charge in [-0.15, -0.1) is 0 Å². The standard InChI is InChI=1S/C18H20N2O2/c1-3-13-4-8-15(9-5-13)20-18(21)11-7-14-6-10-17(22-2)16(19)12-14/h4-12H,3,19H2,1-2H3,(H,20,21)/b11-7+. The summed E-state index contributed by atoms with van der Waals surface area (Å²) in [4.78, 5) is 11.9. The summed E-state index contributed by atoms with van der Waals surface area (Å²) in [5.41, 5.74) is 9.23. The third kappa shape index (κ3) is 4.12. The first-order valence-electron chi connectivity index (χ1n) is 7.14. The monoisotopic (exact) mass is 296 g/mol. The third-order valence-corrected chi connectivity index (χ3v) is 3.31. The van der Waals surface area contributed by atoms with Crippen LogP contribution >= 0.6 is 0 Å². The molecule has 0 aliphatic rings. The van der Waals surface area contributed by atoms with Gasteiger partial charge in [-0.05, 0) is 47.9 Å². The van der Waals surface area contributed by atoms with Crippen LogP contribution in [0.4, 0.5) is 11.4 Å². The third-order valence-electron chi connectivity index (χ3n) is 3.31. The number of anilines is 2. The summed E-state index contributed by atoms with van der Waals surface area (Å²) in [6.07, 6.45) is 4.17. The van der Waals surface area contributed by atoms with Gasteiger partial charge in [0.05, 0.1) is 12.8 Å².